The van der Waals surface area contributed by atoms with E-state index in [4.69, 9.17) is 5.73 Å². The number of nitrogens with two attached hydrogens (primary N) is 1. The summed E-state index contributed by atoms with van der Waals surface area (Å²) in [6, 6.07) is 10.4. The fourth-order valence-corrected chi connectivity index (χ4v) is 3.22. The molecule has 2 atom stereocenters. The number of nitrogens with zero attached hydrogens (tertiary/aromatic N) is 4. The summed E-state index contributed by atoms with van der Waals surface area (Å²) in [5, 5.41) is 15.7. The third-order valence-electron chi connectivity index (χ3n) is 4.56. The lowest BCUT2D eigenvalue weighted by atomic mass is 9.91. The number of anilines is 3. The third kappa shape index (κ3) is 3.66. The van der Waals surface area contributed by atoms with E-state index in [0.717, 1.165) is 29.4 Å². The van der Waals surface area contributed by atoms with Gasteiger partial charge >= 0.3 is 0 Å². The first kappa shape index (κ1) is 15.7. The Bertz CT molecular complexity index is 867. The van der Waals surface area contributed by atoms with E-state index in [1.54, 1.807) is 12.4 Å². The first-order valence-electron chi connectivity index (χ1n) is 8.61. The molecule has 128 valence electrons. The van der Waals surface area contributed by atoms with Gasteiger partial charge in [-0.2, -0.15) is 10.1 Å². The molecule has 2 heterocycles. The van der Waals surface area contributed by atoms with Gasteiger partial charge in [-0.05, 0) is 25.0 Å². The fourth-order valence-electron chi connectivity index (χ4n) is 3.22. The van der Waals surface area contributed by atoms with E-state index >= 15 is 0 Å². The number of para-hydroxylation sites is 1. The monoisotopic (exact) mass is 335 g/mol. The maximum absolute atomic E-state index is 6.18. The van der Waals surface area contributed by atoms with Gasteiger partial charge < -0.3 is 16.4 Å². The van der Waals surface area contributed by atoms with Crippen molar-refractivity contribution in [1.29, 1.82) is 0 Å². The molecule has 3 aromatic rings. The third-order valence-corrected chi connectivity index (χ3v) is 4.56. The van der Waals surface area contributed by atoms with Gasteiger partial charge in [0.05, 0.1) is 23.6 Å². The predicted molar refractivity (Wildman–Crippen MR) is 98.7 cm³/mol. The second kappa shape index (κ2) is 6.98. The number of aromatic nitrogens is 4. The highest BCUT2D eigenvalue weighted by Gasteiger charge is 2.22. The van der Waals surface area contributed by atoms with E-state index in [1.165, 1.54) is 12.8 Å². The van der Waals surface area contributed by atoms with Gasteiger partial charge in [0.1, 0.15) is 0 Å². The zero-order chi connectivity index (χ0) is 17.1. The highest BCUT2D eigenvalue weighted by molar-refractivity contribution is 5.82. The van der Waals surface area contributed by atoms with Crippen molar-refractivity contribution in [3.05, 3.63) is 42.7 Å². The van der Waals surface area contributed by atoms with E-state index in [-0.39, 0.29) is 12.1 Å². The Kier molecular flexibility index (Phi) is 4.39. The number of hydrogen-bond donors (Lipinski definition) is 3. The number of nitrogens with one attached hydrogen (secondary N) is 2. The summed E-state index contributed by atoms with van der Waals surface area (Å²) in [6.07, 6.45) is 7.83. The second-order valence-corrected chi connectivity index (χ2v) is 6.41. The number of benzene rings is 1. The highest BCUT2D eigenvalue weighted by atomic mass is 15.3. The minimum atomic E-state index is 0.138. The van der Waals surface area contributed by atoms with Crippen molar-refractivity contribution in [2.75, 3.05) is 10.6 Å². The van der Waals surface area contributed by atoms with Crippen molar-refractivity contribution in [3.8, 4) is 0 Å². The van der Waals surface area contributed by atoms with Crippen LogP contribution in [-0.2, 0) is 0 Å². The molecule has 0 spiro atoms. The predicted octanol–water partition coefficient (Wildman–Crippen LogP) is 2.85. The van der Waals surface area contributed by atoms with Gasteiger partial charge in [-0.1, -0.05) is 31.0 Å². The van der Waals surface area contributed by atoms with Gasteiger partial charge in [0.2, 0.25) is 5.95 Å². The summed E-state index contributed by atoms with van der Waals surface area (Å²) in [5.41, 5.74) is 8.00. The molecular formula is C18H21N7. The zero-order valence-electron chi connectivity index (χ0n) is 13.9. The van der Waals surface area contributed by atoms with Crippen molar-refractivity contribution in [2.45, 2.75) is 37.8 Å². The molecule has 2 aromatic heterocycles. The summed E-state index contributed by atoms with van der Waals surface area (Å²) in [7, 11) is 0. The Labute approximate surface area is 146 Å². The van der Waals surface area contributed by atoms with Crippen LogP contribution in [0.25, 0.3) is 10.9 Å². The van der Waals surface area contributed by atoms with Crippen LogP contribution in [0.15, 0.2) is 42.7 Å². The minimum Gasteiger partial charge on any atom is -0.349 e. The molecule has 4 N–H and O–H groups in total. The average molecular weight is 335 g/mol. The normalized spacial score (nSPS) is 20.4. The van der Waals surface area contributed by atoms with Crippen molar-refractivity contribution in [2.24, 2.45) is 5.73 Å². The van der Waals surface area contributed by atoms with Crippen LogP contribution in [0.5, 0.6) is 0 Å². The van der Waals surface area contributed by atoms with Gasteiger partial charge in [-0.15, -0.1) is 5.10 Å². The second-order valence-electron chi connectivity index (χ2n) is 6.41. The number of pyridine rings is 1. The van der Waals surface area contributed by atoms with E-state index in [0.29, 0.717) is 11.8 Å². The Balaban J connectivity index is 1.50. The molecule has 0 amide bonds. The van der Waals surface area contributed by atoms with Gasteiger partial charge in [0.15, 0.2) is 5.82 Å². The molecule has 1 aliphatic rings. The molecule has 0 saturated heterocycles. The Hall–Kier alpha value is -2.80. The number of hydrogen-bond acceptors (Lipinski definition) is 7. The molecular weight excluding hydrogens is 314 g/mol. The Morgan fingerprint density at radius 1 is 1.08 bits per heavy atom. The molecule has 1 fully saturated rings. The quantitative estimate of drug-likeness (QED) is 0.674. The smallest absolute Gasteiger partial charge is 0.244 e. The molecule has 1 aliphatic carbocycles. The van der Waals surface area contributed by atoms with E-state index in [9.17, 15) is 0 Å². The fraction of sp³-hybridized carbons (Fsp3) is 0.333. The Morgan fingerprint density at radius 3 is 2.88 bits per heavy atom. The van der Waals surface area contributed by atoms with Gasteiger partial charge in [-0.25, -0.2) is 0 Å². The average Bonchev–Trinajstić information content (AvgIpc) is 2.64. The minimum absolute atomic E-state index is 0.138. The van der Waals surface area contributed by atoms with E-state index in [2.05, 4.69) is 30.8 Å². The molecule has 1 saturated carbocycles. The van der Waals surface area contributed by atoms with E-state index in [1.807, 2.05) is 30.3 Å². The zero-order valence-corrected chi connectivity index (χ0v) is 13.9. The van der Waals surface area contributed by atoms with Crippen LogP contribution in [0.1, 0.15) is 25.7 Å². The van der Waals surface area contributed by atoms with Crippen LogP contribution in [0, 0.1) is 0 Å². The lowest BCUT2D eigenvalue weighted by Crippen LogP contribution is -2.43. The molecule has 4 rings (SSSR count). The standard InChI is InChI=1S/C18H21N7/c19-14-6-2-4-8-16(14)23-18-24-17(11-21-25-18)22-13-9-12-5-1-3-7-15(12)20-10-13/h1,3,5,7,9-11,14,16H,2,4,6,8,19H2,(H2,22,23,24,25)/t14-,16+/m0/s1. The number of rotatable bonds is 4. The summed E-state index contributed by atoms with van der Waals surface area (Å²) >= 11 is 0. The molecule has 0 radical (unpaired) electrons. The molecule has 0 aliphatic heterocycles. The van der Waals surface area contributed by atoms with Crippen LogP contribution in [0.3, 0.4) is 0 Å². The van der Waals surface area contributed by atoms with Crippen LogP contribution in [0.2, 0.25) is 0 Å². The summed E-state index contributed by atoms with van der Waals surface area (Å²) in [5.74, 6) is 1.13. The summed E-state index contributed by atoms with van der Waals surface area (Å²) < 4.78 is 0. The molecule has 7 nitrogen and oxygen atoms in total. The van der Waals surface area contributed by atoms with Gasteiger partial charge in [0, 0.05) is 17.5 Å². The molecule has 25 heavy (non-hydrogen) atoms. The largest absolute Gasteiger partial charge is 0.349 e. The van der Waals surface area contributed by atoms with E-state index < -0.39 is 0 Å². The maximum atomic E-state index is 6.18. The first-order valence-corrected chi connectivity index (χ1v) is 8.61. The summed E-state index contributed by atoms with van der Waals surface area (Å²) in [4.78, 5) is 8.94. The van der Waals surface area contributed by atoms with Crippen molar-refractivity contribution in [1.82, 2.24) is 20.2 Å². The number of fused-ring (bicyclic) bond motifs is 1. The molecule has 0 bridgehead atoms. The van der Waals surface area contributed by atoms with Gasteiger partial charge in [-0.3, -0.25) is 4.98 Å². The van der Waals surface area contributed by atoms with Crippen LogP contribution in [0.4, 0.5) is 17.5 Å². The maximum Gasteiger partial charge on any atom is 0.244 e. The van der Waals surface area contributed by atoms with Crippen molar-refractivity contribution >= 4 is 28.4 Å². The van der Waals surface area contributed by atoms with Crippen molar-refractivity contribution < 1.29 is 0 Å². The van der Waals surface area contributed by atoms with Crippen LogP contribution >= 0.6 is 0 Å². The highest BCUT2D eigenvalue weighted by Crippen LogP contribution is 2.21. The molecule has 1 aromatic carbocycles. The lowest BCUT2D eigenvalue weighted by Gasteiger charge is -2.29. The topological polar surface area (TPSA) is 102 Å². The SMILES string of the molecule is N[C@H]1CCCC[C@H]1Nc1nncc(Nc2cnc3ccccc3c2)n1. The van der Waals surface area contributed by atoms with Crippen LogP contribution in [-0.4, -0.2) is 32.2 Å². The lowest BCUT2D eigenvalue weighted by molar-refractivity contribution is 0.402. The van der Waals surface area contributed by atoms with Gasteiger partial charge in [0.25, 0.3) is 0 Å². The first-order chi connectivity index (χ1) is 12.3. The Morgan fingerprint density at radius 2 is 1.96 bits per heavy atom. The van der Waals surface area contributed by atoms with Crippen LogP contribution < -0.4 is 16.4 Å². The molecule has 7 heteroatoms. The van der Waals surface area contributed by atoms with Crippen molar-refractivity contribution in [3.63, 3.8) is 0 Å². The molecule has 0 unspecified atom stereocenters. The summed E-state index contributed by atoms with van der Waals surface area (Å²) in [6.45, 7) is 0.